The summed E-state index contributed by atoms with van der Waals surface area (Å²) >= 11 is 1.33. The molecular weight excluding hydrogens is 410 g/mol. The third-order valence-corrected chi connectivity index (χ3v) is 5.48. The Balaban J connectivity index is 1.56. The third-order valence-electron chi connectivity index (χ3n) is 4.55. The molecule has 156 valence electrons. The first-order valence-corrected chi connectivity index (χ1v) is 10.7. The molecule has 0 aliphatic carbocycles. The van der Waals surface area contributed by atoms with E-state index < -0.39 is 0 Å². The Kier molecular flexibility index (Phi) is 6.59. The number of nitrogens with zero attached hydrogens (tertiary/aromatic N) is 4. The Morgan fingerprint density at radius 2 is 1.84 bits per heavy atom. The summed E-state index contributed by atoms with van der Waals surface area (Å²) < 4.78 is 7.30. The van der Waals surface area contributed by atoms with Crippen LogP contribution in [0.25, 0.3) is 17.1 Å². The molecule has 7 nitrogen and oxygen atoms in total. The van der Waals surface area contributed by atoms with Crippen LogP contribution in [-0.4, -0.2) is 38.5 Å². The van der Waals surface area contributed by atoms with E-state index in [1.807, 2.05) is 71.3 Å². The molecule has 0 radical (unpaired) electrons. The van der Waals surface area contributed by atoms with E-state index in [9.17, 15) is 4.79 Å². The monoisotopic (exact) mass is 431 g/mol. The van der Waals surface area contributed by atoms with Crippen molar-refractivity contribution in [3.05, 3.63) is 84.7 Å². The van der Waals surface area contributed by atoms with Gasteiger partial charge in [-0.05, 0) is 29.8 Å². The van der Waals surface area contributed by atoms with Crippen LogP contribution in [-0.2, 0) is 11.3 Å². The largest absolute Gasteiger partial charge is 0.497 e. The molecule has 0 saturated heterocycles. The zero-order chi connectivity index (χ0) is 21.5. The molecule has 2 heterocycles. The number of thioether (sulfide) groups is 1. The highest BCUT2D eigenvalue weighted by Crippen LogP contribution is 2.29. The van der Waals surface area contributed by atoms with Crippen molar-refractivity contribution in [2.24, 2.45) is 0 Å². The highest BCUT2D eigenvalue weighted by Gasteiger charge is 2.17. The molecule has 0 atom stereocenters. The van der Waals surface area contributed by atoms with Crippen LogP contribution in [0, 0.1) is 0 Å². The van der Waals surface area contributed by atoms with Gasteiger partial charge in [0.1, 0.15) is 5.75 Å². The van der Waals surface area contributed by atoms with Crippen LogP contribution in [0.3, 0.4) is 0 Å². The fourth-order valence-corrected chi connectivity index (χ4v) is 3.79. The number of benzene rings is 2. The summed E-state index contributed by atoms with van der Waals surface area (Å²) in [5.41, 5.74) is 2.79. The number of carbonyl (C=O) groups is 1. The fraction of sp³-hybridized carbons (Fsp3) is 0.130. The molecule has 4 rings (SSSR count). The van der Waals surface area contributed by atoms with Crippen molar-refractivity contribution in [3.8, 4) is 22.8 Å². The molecule has 2 aromatic carbocycles. The summed E-state index contributed by atoms with van der Waals surface area (Å²) in [5.74, 6) is 1.55. The summed E-state index contributed by atoms with van der Waals surface area (Å²) in [5, 5.41) is 12.3. The van der Waals surface area contributed by atoms with Gasteiger partial charge in [0.25, 0.3) is 0 Å². The van der Waals surface area contributed by atoms with E-state index in [1.54, 1.807) is 19.5 Å². The molecule has 8 heteroatoms. The lowest BCUT2D eigenvalue weighted by atomic mass is 10.2. The second-order valence-corrected chi connectivity index (χ2v) is 7.57. The summed E-state index contributed by atoms with van der Waals surface area (Å²) in [7, 11) is 1.63. The quantitative estimate of drug-likeness (QED) is 0.428. The standard InChI is InChI=1S/C23H21N5O2S/c1-30-20-9-5-8-19(14-20)28-22(18-10-12-24-13-11-18)26-27-23(28)31-16-21(29)25-15-17-6-3-2-4-7-17/h2-14H,15-16H2,1H3,(H,25,29). The van der Waals surface area contributed by atoms with Crippen LogP contribution >= 0.6 is 11.8 Å². The number of carbonyl (C=O) groups excluding carboxylic acids is 1. The maximum atomic E-state index is 12.4. The van der Waals surface area contributed by atoms with Crippen LogP contribution in [0.2, 0.25) is 0 Å². The van der Waals surface area contributed by atoms with Crippen LogP contribution < -0.4 is 10.1 Å². The Bertz CT molecular complexity index is 1150. The van der Waals surface area contributed by atoms with Crippen molar-refractivity contribution in [1.29, 1.82) is 0 Å². The van der Waals surface area contributed by atoms with E-state index in [0.29, 0.717) is 17.5 Å². The number of hydrogen-bond acceptors (Lipinski definition) is 6. The highest BCUT2D eigenvalue weighted by molar-refractivity contribution is 7.99. The summed E-state index contributed by atoms with van der Waals surface area (Å²) in [6.45, 7) is 0.491. The van der Waals surface area contributed by atoms with Gasteiger partial charge in [-0.1, -0.05) is 48.2 Å². The molecule has 0 aliphatic heterocycles. The SMILES string of the molecule is COc1cccc(-n2c(SCC(=O)NCc3ccccc3)nnc2-c2ccncc2)c1. The average Bonchev–Trinajstić information content (AvgIpc) is 3.26. The lowest BCUT2D eigenvalue weighted by Gasteiger charge is -2.11. The molecule has 1 N–H and O–H groups in total. The topological polar surface area (TPSA) is 81.9 Å². The zero-order valence-electron chi connectivity index (χ0n) is 16.9. The number of pyridine rings is 1. The number of amides is 1. The number of rotatable bonds is 8. The minimum Gasteiger partial charge on any atom is -0.497 e. The van der Waals surface area contributed by atoms with Gasteiger partial charge in [-0.15, -0.1) is 10.2 Å². The van der Waals surface area contributed by atoms with Gasteiger partial charge in [-0.25, -0.2) is 0 Å². The maximum Gasteiger partial charge on any atom is 0.230 e. The molecule has 0 spiro atoms. The second-order valence-electron chi connectivity index (χ2n) is 6.63. The first-order valence-electron chi connectivity index (χ1n) is 9.68. The number of ether oxygens (including phenoxy) is 1. The van der Waals surface area contributed by atoms with Gasteiger partial charge in [0.2, 0.25) is 5.91 Å². The van der Waals surface area contributed by atoms with Gasteiger partial charge in [0.05, 0.1) is 18.6 Å². The molecule has 0 bridgehead atoms. The van der Waals surface area contributed by atoms with E-state index in [0.717, 1.165) is 22.6 Å². The minimum atomic E-state index is -0.0699. The van der Waals surface area contributed by atoms with Crippen molar-refractivity contribution < 1.29 is 9.53 Å². The fourth-order valence-electron chi connectivity index (χ4n) is 3.01. The number of aromatic nitrogens is 4. The van der Waals surface area contributed by atoms with Gasteiger partial charge in [-0.2, -0.15) is 0 Å². The van der Waals surface area contributed by atoms with Crippen molar-refractivity contribution in [2.45, 2.75) is 11.7 Å². The molecule has 0 aliphatic rings. The average molecular weight is 432 g/mol. The van der Waals surface area contributed by atoms with Crippen LogP contribution in [0.1, 0.15) is 5.56 Å². The van der Waals surface area contributed by atoms with E-state index in [4.69, 9.17) is 4.74 Å². The summed E-state index contributed by atoms with van der Waals surface area (Å²) in [4.78, 5) is 16.5. The molecule has 2 aromatic heterocycles. The minimum absolute atomic E-state index is 0.0699. The van der Waals surface area contributed by atoms with Gasteiger partial charge in [0, 0.05) is 30.6 Å². The molecule has 1 amide bonds. The van der Waals surface area contributed by atoms with Gasteiger partial charge >= 0.3 is 0 Å². The zero-order valence-corrected chi connectivity index (χ0v) is 17.7. The highest BCUT2D eigenvalue weighted by atomic mass is 32.2. The molecule has 0 saturated carbocycles. The van der Waals surface area contributed by atoms with Crippen molar-refractivity contribution in [2.75, 3.05) is 12.9 Å². The maximum absolute atomic E-state index is 12.4. The molecule has 31 heavy (non-hydrogen) atoms. The second kappa shape index (κ2) is 9.90. The predicted octanol–water partition coefficient (Wildman–Crippen LogP) is 3.75. The third kappa shape index (κ3) is 5.10. The summed E-state index contributed by atoms with van der Waals surface area (Å²) in [6.07, 6.45) is 3.42. The van der Waals surface area contributed by atoms with Gasteiger partial charge in [0.15, 0.2) is 11.0 Å². The molecule has 0 unspecified atom stereocenters. The van der Waals surface area contributed by atoms with E-state index in [1.165, 1.54) is 11.8 Å². The van der Waals surface area contributed by atoms with E-state index in [-0.39, 0.29) is 11.7 Å². The number of methoxy groups -OCH3 is 1. The first kappa shape index (κ1) is 20.6. The van der Waals surface area contributed by atoms with Crippen LogP contribution in [0.15, 0.2) is 84.3 Å². The van der Waals surface area contributed by atoms with Gasteiger partial charge in [-0.3, -0.25) is 14.3 Å². The van der Waals surface area contributed by atoms with Crippen LogP contribution in [0.4, 0.5) is 0 Å². The smallest absolute Gasteiger partial charge is 0.230 e. The Hall–Kier alpha value is -3.65. The normalized spacial score (nSPS) is 10.6. The molecule has 4 aromatic rings. The van der Waals surface area contributed by atoms with Crippen molar-refractivity contribution in [3.63, 3.8) is 0 Å². The Morgan fingerprint density at radius 3 is 2.61 bits per heavy atom. The summed E-state index contributed by atoms with van der Waals surface area (Å²) in [6, 6.07) is 21.2. The van der Waals surface area contributed by atoms with Crippen molar-refractivity contribution >= 4 is 17.7 Å². The Labute approximate surface area is 184 Å². The van der Waals surface area contributed by atoms with Crippen LogP contribution in [0.5, 0.6) is 5.75 Å². The van der Waals surface area contributed by atoms with E-state index >= 15 is 0 Å². The predicted molar refractivity (Wildman–Crippen MR) is 120 cm³/mol. The Morgan fingerprint density at radius 1 is 1.03 bits per heavy atom. The lowest BCUT2D eigenvalue weighted by molar-refractivity contribution is -0.118. The number of nitrogens with one attached hydrogen (secondary N) is 1. The van der Waals surface area contributed by atoms with E-state index in [2.05, 4.69) is 20.5 Å². The molecule has 0 fully saturated rings. The molecular formula is C23H21N5O2S. The van der Waals surface area contributed by atoms with Gasteiger partial charge < -0.3 is 10.1 Å². The number of hydrogen-bond donors (Lipinski definition) is 1. The van der Waals surface area contributed by atoms with Crippen molar-refractivity contribution in [1.82, 2.24) is 25.1 Å². The first-order chi connectivity index (χ1) is 15.2. The lowest BCUT2D eigenvalue weighted by Crippen LogP contribution is -2.24.